The zero-order valence-corrected chi connectivity index (χ0v) is 23.7. The summed E-state index contributed by atoms with van der Waals surface area (Å²) in [7, 11) is 0. The van der Waals surface area contributed by atoms with Crippen molar-refractivity contribution in [3.63, 3.8) is 0 Å². The summed E-state index contributed by atoms with van der Waals surface area (Å²) in [5.41, 5.74) is 3.04. The summed E-state index contributed by atoms with van der Waals surface area (Å²) in [6.45, 7) is 4.56. The molecule has 3 aliphatic rings. The van der Waals surface area contributed by atoms with Gasteiger partial charge in [0.05, 0.1) is 36.3 Å². The predicted octanol–water partition coefficient (Wildman–Crippen LogP) is 4.65. The van der Waals surface area contributed by atoms with Crippen LogP contribution >= 0.6 is 11.6 Å². The second-order valence-electron chi connectivity index (χ2n) is 11.1. The first-order valence-corrected chi connectivity index (χ1v) is 14.7. The minimum absolute atomic E-state index is 0.0578. The number of rotatable bonds is 7. The lowest BCUT2D eigenvalue weighted by atomic mass is 10.0. The topological polar surface area (TPSA) is 80.5 Å². The summed E-state index contributed by atoms with van der Waals surface area (Å²) in [6, 6.07) is 14.7. The molecule has 0 radical (unpaired) electrons. The third-order valence-corrected chi connectivity index (χ3v) is 8.51. The molecule has 2 fully saturated rings. The Morgan fingerprint density at radius 3 is 2.80 bits per heavy atom. The lowest BCUT2D eigenvalue weighted by molar-refractivity contribution is -0.0657. The van der Waals surface area contributed by atoms with Gasteiger partial charge in [0, 0.05) is 61.8 Å². The molecule has 1 N–H and O–H groups in total. The van der Waals surface area contributed by atoms with Gasteiger partial charge in [0.1, 0.15) is 12.4 Å². The Balaban J connectivity index is 1.28. The molecular weight excluding hydrogens is 548 g/mol. The van der Waals surface area contributed by atoms with Crippen LogP contribution < -0.4 is 19.9 Å². The van der Waals surface area contributed by atoms with Gasteiger partial charge in [0.25, 0.3) is 5.92 Å². The van der Waals surface area contributed by atoms with E-state index in [1.165, 1.54) is 0 Å². The number of aromatic nitrogens is 2. The molecule has 8 nitrogen and oxygen atoms in total. The molecule has 1 atom stereocenters. The Hall–Kier alpha value is -3.26. The highest BCUT2D eigenvalue weighted by Gasteiger charge is 2.35. The Kier molecular flexibility index (Phi) is 8.11. The van der Waals surface area contributed by atoms with Gasteiger partial charge in [-0.3, -0.25) is 4.90 Å². The number of anilines is 2. The standard InChI is InChI=1S/C30H34ClF2N7O/c31-24-6-1-4-21-5-2-7-26(27(21)24)39-14-9-23-25(19-39)36-29(41-17-16-38-13-3-10-30(32,33)20-38)37-28(23)40-15-12-35-22(18-40)8-11-34/h1-2,4-7,22,35H,3,8-10,12-20H2/t22-/m0/s1. The van der Waals surface area contributed by atoms with E-state index >= 15 is 0 Å². The molecule has 41 heavy (non-hydrogen) atoms. The maximum absolute atomic E-state index is 13.9. The van der Waals surface area contributed by atoms with Crippen molar-refractivity contribution in [3.8, 4) is 12.1 Å². The van der Waals surface area contributed by atoms with Crippen LogP contribution in [0.3, 0.4) is 0 Å². The largest absolute Gasteiger partial charge is 0.462 e. The fourth-order valence-electron chi connectivity index (χ4n) is 6.23. The molecule has 6 rings (SSSR count). The van der Waals surface area contributed by atoms with E-state index in [9.17, 15) is 14.0 Å². The number of nitrogens with zero attached hydrogens (tertiary/aromatic N) is 6. The first-order chi connectivity index (χ1) is 19.9. The normalized spacial score (nSPS) is 21.0. The van der Waals surface area contributed by atoms with Crippen LogP contribution in [0.5, 0.6) is 6.01 Å². The van der Waals surface area contributed by atoms with Crippen molar-refractivity contribution in [3.05, 3.63) is 52.7 Å². The van der Waals surface area contributed by atoms with Gasteiger partial charge >= 0.3 is 6.01 Å². The summed E-state index contributed by atoms with van der Waals surface area (Å²) in [5, 5.41) is 15.5. The van der Waals surface area contributed by atoms with Gasteiger partial charge < -0.3 is 19.9 Å². The maximum Gasteiger partial charge on any atom is 0.318 e. The fourth-order valence-corrected chi connectivity index (χ4v) is 6.51. The Morgan fingerprint density at radius 2 is 1.98 bits per heavy atom. The summed E-state index contributed by atoms with van der Waals surface area (Å²) >= 11 is 6.65. The van der Waals surface area contributed by atoms with E-state index in [1.807, 2.05) is 18.2 Å². The van der Waals surface area contributed by atoms with Crippen LogP contribution in [0.15, 0.2) is 36.4 Å². The van der Waals surface area contributed by atoms with Gasteiger partial charge in [0.15, 0.2) is 0 Å². The highest BCUT2D eigenvalue weighted by molar-refractivity contribution is 6.36. The molecular formula is C30H34ClF2N7O. The maximum atomic E-state index is 13.9. The van der Waals surface area contributed by atoms with E-state index in [2.05, 4.69) is 39.4 Å². The van der Waals surface area contributed by atoms with E-state index in [-0.39, 0.29) is 31.6 Å². The van der Waals surface area contributed by atoms with Crippen LogP contribution in [0, 0.1) is 11.3 Å². The lowest BCUT2D eigenvalue weighted by Gasteiger charge is -2.37. The smallest absolute Gasteiger partial charge is 0.318 e. The van der Waals surface area contributed by atoms with Crippen molar-refractivity contribution in [2.75, 3.05) is 62.2 Å². The van der Waals surface area contributed by atoms with Crippen molar-refractivity contribution in [1.29, 1.82) is 5.26 Å². The second-order valence-corrected chi connectivity index (χ2v) is 11.5. The predicted molar refractivity (Wildman–Crippen MR) is 156 cm³/mol. The van der Waals surface area contributed by atoms with Gasteiger partial charge in [0.2, 0.25) is 0 Å². The number of piperazine rings is 1. The number of nitrogens with one attached hydrogen (secondary N) is 1. The minimum atomic E-state index is -2.65. The number of hydrogen-bond donors (Lipinski definition) is 1. The first-order valence-electron chi connectivity index (χ1n) is 14.3. The third kappa shape index (κ3) is 6.17. The Bertz CT molecular complexity index is 1440. The van der Waals surface area contributed by atoms with Gasteiger partial charge in [-0.25, -0.2) is 8.78 Å². The van der Waals surface area contributed by atoms with E-state index in [1.54, 1.807) is 4.90 Å². The molecule has 0 amide bonds. The molecule has 0 spiro atoms. The molecule has 2 saturated heterocycles. The number of piperidine rings is 1. The minimum Gasteiger partial charge on any atom is -0.462 e. The molecule has 3 aromatic rings. The number of likely N-dealkylation sites (tertiary alicyclic amines) is 1. The number of fused-ring (bicyclic) bond motifs is 2. The summed E-state index contributed by atoms with van der Waals surface area (Å²) in [4.78, 5) is 16.0. The van der Waals surface area contributed by atoms with Crippen molar-refractivity contribution in [1.82, 2.24) is 20.2 Å². The Labute approximate surface area is 243 Å². The first kappa shape index (κ1) is 27.9. The quantitative estimate of drug-likeness (QED) is 0.432. The van der Waals surface area contributed by atoms with Crippen LogP contribution in [-0.2, 0) is 13.0 Å². The SMILES string of the molecule is N#CC[C@H]1CN(c2nc(OCCN3CCCC(F)(F)C3)nc3c2CCN(c2cccc4cccc(Cl)c24)C3)CCN1. The molecule has 216 valence electrons. The average Bonchev–Trinajstić information content (AvgIpc) is 2.96. The number of nitriles is 1. The van der Waals surface area contributed by atoms with Gasteiger partial charge in [-0.2, -0.15) is 15.2 Å². The average molecular weight is 582 g/mol. The monoisotopic (exact) mass is 581 g/mol. The fraction of sp³-hybridized carbons (Fsp3) is 0.500. The highest BCUT2D eigenvalue weighted by atomic mass is 35.5. The van der Waals surface area contributed by atoms with Crippen molar-refractivity contribution >= 4 is 33.9 Å². The summed E-state index contributed by atoms with van der Waals surface area (Å²) < 4.78 is 33.8. The molecule has 3 aliphatic heterocycles. The lowest BCUT2D eigenvalue weighted by Crippen LogP contribution is -2.51. The summed E-state index contributed by atoms with van der Waals surface area (Å²) in [6.07, 6.45) is 1.59. The van der Waals surface area contributed by atoms with Crippen LogP contribution in [0.2, 0.25) is 5.02 Å². The summed E-state index contributed by atoms with van der Waals surface area (Å²) in [5.74, 6) is -1.81. The van der Waals surface area contributed by atoms with Crippen molar-refractivity contribution in [2.24, 2.45) is 0 Å². The van der Waals surface area contributed by atoms with E-state index < -0.39 is 5.92 Å². The van der Waals surface area contributed by atoms with E-state index in [4.69, 9.17) is 26.3 Å². The Morgan fingerprint density at radius 1 is 1.12 bits per heavy atom. The molecule has 0 bridgehead atoms. The van der Waals surface area contributed by atoms with Gasteiger partial charge in [-0.15, -0.1) is 0 Å². The third-order valence-electron chi connectivity index (χ3n) is 8.20. The zero-order valence-electron chi connectivity index (χ0n) is 23.0. The molecule has 2 aromatic carbocycles. The van der Waals surface area contributed by atoms with E-state index in [0.29, 0.717) is 44.0 Å². The molecule has 0 aliphatic carbocycles. The number of hydrogen-bond acceptors (Lipinski definition) is 8. The zero-order chi connectivity index (χ0) is 28.4. The molecule has 11 heteroatoms. The number of halogens is 3. The van der Waals surface area contributed by atoms with E-state index in [0.717, 1.165) is 59.6 Å². The highest BCUT2D eigenvalue weighted by Crippen LogP contribution is 2.37. The number of alkyl halides is 2. The molecule has 0 saturated carbocycles. The van der Waals surface area contributed by atoms with Crippen LogP contribution in [0.1, 0.15) is 30.5 Å². The molecule has 4 heterocycles. The number of ether oxygens (including phenoxy) is 1. The van der Waals surface area contributed by atoms with Crippen LogP contribution in [0.4, 0.5) is 20.3 Å². The van der Waals surface area contributed by atoms with Gasteiger partial charge in [-0.1, -0.05) is 35.9 Å². The van der Waals surface area contributed by atoms with Crippen LogP contribution in [-0.4, -0.2) is 79.3 Å². The molecule has 1 aromatic heterocycles. The molecule has 0 unspecified atom stereocenters. The van der Waals surface area contributed by atoms with Crippen molar-refractivity contribution < 1.29 is 13.5 Å². The van der Waals surface area contributed by atoms with Crippen LogP contribution in [0.25, 0.3) is 10.8 Å². The van der Waals surface area contributed by atoms with Gasteiger partial charge in [-0.05, 0) is 36.9 Å². The number of benzene rings is 2. The van der Waals surface area contributed by atoms with Crippen molar-refractivity contribution in [2.45, 2.75) is 44.2 Å². The second kappa shape index (κ2) is 11.9.